The van der Waals surface area contributed by atoms with Gasteiger partial charge in [-0.05, 0) is 50.8 Å². The molecule has 2 aliphatic rings. The van der Waals surface area contributed by atoms with Gasteiger partial charge in [-0.1, -0.05) is 19.3 Å². The second-order valence-corrected chi connectivity index (χ2v) is 7.91. The summed E-state index contributed by atoms with van der Waals surface area (Å²) < 4.78 is 2.38. The molecule has 1 aromatic heterocycles. The molecule has 6 nitrogen and oxygen atoms in total. The van der Waals surface area contributed by atoms with E-state index in [1.807, 2.05) is 12.1 Å². The van der Waals surface area contributed by atoms with Crippen molar-refractivity contribution in [3.05, 3.63) is 24.0 Å². The van der Waals surface area contributed by atoms with Crippen molar-refractivity contribution in [3.63, 3.8) is 0 Å². The van der Waals surface area contributed by atoms with Crippen LogP contribution in [0.3, 0.4) is 0 Å². The molecule has 1 saturated carbocycles. The van der Waals surface area contributed by atoms with Gasteiger partial charge in [0.1, 0.15) is 5.82 Å². The van der Waals surface area contributed by atoms with E-state index in [2.05, 4.69) is 28.2 Å². The highest BCUT2D eigenvalue weighted by Crippen LogP contribution is 2.33. The van der Waals surface area contributed by atoms with Crippen molar-refractivity contribution in [2.45, 2.75) is 76.8 Å². The zero-order valence-electron chi connectivity index (χ0n) is 16.0. The third-order valence-electron chi connectivity index (χ3n) is 5.89. The smallest absolute Gasteiger partial charge is 0.224 e. The van der Waals surface area contributed by atoms with Gasteiger partial charge in [0.05, 0.1) is 11.0 Å². The first-order valence-corrected chi connectivity index (χ1v) is 10.2. The minimum atomic E-state index is -0.0149. The monoisotopic (exact) mass is 368 g/mol. The fourth-order valence-electron chi connectivity index (χ4n) is 4.52. The molecule has 2 fully saturated rings. The second-order valence-electron chi connectivity index (χ2n) is 7.91. The number of aromatic nitrogens is 2. The number of benzene rings is 1. The number of anilines is 1. The molecule has 1 aliphatic carbocycles. The van der Waals surface area contributed by atoms with Crippen molar-refractivity contribution in [1.29, 1.82) is 0 Å². The van der Waals surface area contributed by atoms with E-state index in [1.165, 1.54) is 32.1 Å². The van der Waals surface area contributed by atoms with E-state index in [-0.39, 0.29) is 17.9 Å². The normalized spacial score (nSPS) is 20.8. The van der Waals surface area contributed by atoms with Crippen molar-refractivity contribution in [1.82, 2.24) is 14.9 Å². The number of fused-ring (bicyclic) bond motifs is 1. The van der Waals surface area contributed by atoms with Crippen molar-refractivity contribution in [3.8, 4) is 0 Å². The van der Waals surface area contributed by atoms with Gasteiger partial charge in [0.2, 0.25) is 11.8 Å². The summed E-state index contributed by atoms with van der Waals surface area (Å²) in [5, 5.41) is 5.88. The van der Waals surface area contributed by atoms with Crippen LogP contribution >= 0.6 is 0 Å². The fraction of sp³-hybridized carbons (Fsp3) is 0.571. The van der Waals surface area contributed by atoms with Crippen molar-refractivity contribution >= 4 is 28.5 Å². The lowest BCUT2D eigenvalue weighted by Crippen LogP contribution is -2.26. The van der Waals surface area contributed by atoms with Gasteiger partial charge in [0.25, 0.3) is 0 Å². The molecule has 4 rings (SSSR count). The van der Waals surface area contributed by atoms with Gasteiger partial charge in [-0.3, -0.25) is 9.59 Å². The van der Waals surface area contributed by atoms with E-state index in [0.717, 1.165) is 29.0 Å². The van der Waals surface area contributed by atoms with Crippen LogP contribution in [-0.4, -0.2) is 27.4 Å². The Morgan fingerprint density at radius 2 is 2.07 bits per heavy atom. The van der Waals surface area contributed by atoms with Gasteiger partial charge in [-0.15, -0.1) is 0 Å². The first-order chi connectivity index (χ1) is 13.1. The van der Waals surface area contributed by atoms with Crippen LogP contribution in [0.4, 0.5) is 5.69 Å². The van der Waals surface area contributed by atoms with E-state index < -0.39 is 0 Å². The molecule has 2 heterocycles. The maximum absolute atomic E-state index is 12.3. The van der Waals surface area contributed by atoms with Gasteiger partial charge in [-0.2, -0.15) is 0 Å². The summed E-state index contributed by atoms with van der Waals surface area (Å²) in [4.78, 5) is 28.2. The van der Waals surface area contributed by atoms with Crippen molar-refractivity contribution in [2.75, 3.05) is 5.32 Å². The Morgan fingerprint density at radius 1 is 1.26 bits per heavy atom. The Hall–Kier alpha value is -2.37. The third kappa shape index (κ3) is 3.99. The third-order valence-corrected chi connectivity index (χ3v) is 5.89. The summed E-state index contributed by atoms with van der Waals surface area (Å²) in [7, 11) is 0. The molecule has 1 aliphatic heterocycles. The lowest BCUT2D eigenvalue weighted by Gasteiger charge is -2.25. The Balaban J connectivity index is 1.42. The molecule has 1 saturated heterocycles. The first-order valence-electron chi connectivity index (χ1n) is 10.2. The number of carbonyl (C=O) groups is 2. The molecular formula is C21H28N4O2. The standard InChI is InChI=1S/C21H28N4O2/c1-14-22-18-13-16(24-21(27)12-9-15-8-11-20(26)23-15)7-10-19(18)25(14)17-5-3-2-4-6-17/h7,10,13,15,17H,2-6,8-9,11-12H2,1H3,(H,23,26)(H,24,27)/t15-/m1/s1. The van der Waals surface area contributed by atoms with Crippen LogP contribution in [0.5, 0.6) is 0 Å². The molecule has 1 aromatic carbocycles. The van der Waals surface area contributed by atoms with Gasteiger partial charge in [0.15, 0.2) is 0 Å². The minimum Gasteiger partial charge on any atom is -0.353 e. The van der Waals surface area contributed by atoms with Gasteiger partial charge in [0, 0.05) is 30.6 Å². The van der Waals surface area contributed by atoms with Gasteiger partial charge < -0.3 is 15.2 Å². The summed E-state index contributed by atoms with van der Waals surface area (Å²) in [6, 6.07) is 6.71. The van der Waals surface area contributed by atoms with E-state index in [9.17, 15) is 9.59 Å². The molecular weight excluding hydrogens is 340 g/mol. The van der Waals surface area contributed by atoms with Gasteiger partial charge >= 0.3 is 0 Å². The van der Waals surface area contributed by atoms with Crippen LogP contribution < -0.4 is 10.6 Å². The Morgan fingerprint density at radius 3 is 2.81 bits per heavy atom. The molecule has 0 bridgehead atoms. The average Bonchev–Trinajstić information content (AvgIpc) is 3.22. The maximum Gasteiger partial charge on any atom is 0.224 e. The number of nitrogens with zero attached hydrogens (tertiary/aromatic N) is 2. The van der Waals surface area contributed by atoms with Gasteiger partial charge in [-0.25, -0.2) is 4.98 Å². The molecule has 0 radical (unpaired) electrons. The average molecular weight is 368 g/mol. The first kappa shape index (κ1) is 18.0. The summed E-state index contributed by atoms with van der Waals surface area (Å²) >= 11 is 0. The lowest BCUT2D eigenvalue weighted by atomic mass is 9.95. The van der Waals surface area contributed by atoms with E-state index in [0.29, 0.717) is 25.3 Å². The number of nitrogens with one attached hydrogen (secondary N) is 2. The highest BCUT2D eigenvalue weighted by molar-refractivity contribution is 5.93. The van der Waals surface area contributed by atoms with Crippen LogP contribution in [0.25, 0.3) is 11.0 Å². The van der Waals surface area contributed by atoms with Crippen LogP contribution in [0.15, 0.2) is 18.2 Å². The number of rotatable bonds is 5. The zero-order chi connectivity index (χ0) is 18.8. The Labute approximate surface area is 159 Å². The topological polar surface area (TPSA) is 76.0 Å². The predicted octanol–water partition coefficient (Wildman–Crippen LogP) is 3.85. The van der Waals surface area contributed by atoms with E-state index in [4.69, 9.17) is 4.98 Å². The quantitative estimate of drug-likeness (QED) is 0.842. The molecule has 6 heteroatoms. The SMILES string of the molecule is Cc1nc2cc(NC(=O)CC[C@H]3CCC(=O)N3)ccc2n1C1CCCCC1. The number of hydrogen-bond donors (Lipinski definition) is 2. The molecule has 0 unspecified atom stereocenters. The fourth-order valence-corrected chi connectivity index (χ4v) is 4.52. The molecule has 1 atom stereocenters. The summed E-state index contributed by atoms with van der Waals surface area (Å²) in [6.45, 7) is 2.07. The largest absolute Gasteiger partial charge is 0.353 e. The van der Waals surface area contributed by atoms with E-state index >= 15 is 0 Å². The molecule has 27 heavy (non-hydrogen) atoms. The summed E-state index contributed by atoms with van der Waals surface area (Å²) in [5.41, 5.74) is 2.89. The number of aryl methyl sites for hydroxylation is 1. The summed E-state index contributed by atoms with van der Waals surface area (Å²) in [6.07, 6.45) is 8.88. The molecule has 2 aromatic rings. The minimum absolute atomic E-state index is 0.0149. The zero-order valence-corrected chi connectivity index (χ0v) is 16.0. The number of amides is 2. The maximum atomic E-state index is 12.3. The van der Waals surface area contributed by atoms with E-state index in [1.54, 1.807) is 0 Å². The molecule has 2 N–H and O–H groups in total. The van der Waals surface area contributed by atoms with Crippen LogP contribution in [0.1, 0.15) is 69.7 Å². The number of imidazole rings is 1. The summed E-state index contributed by atoms with van der Waals surface area (Å²) in [5.74, 6) is 1.13. The second kappa shape index (κ2) is 7.71. The highest BCUT2D eigenvalue weighted by atomic mass is 16.2. The molecule has 0 spiro atoms. The van der Waals surface area contributed by atoms with Crippen molar-refractivity contribution in [2.24, 2.45) is 0 Å². The Bertz CT molecular complexity index is 851. The highest BCUT2D eigenvalue weighted by Gasteiger charge is 2.22. The number of carbonyl (C=O) groups excluding carboxylic acids is 2. The Kier molecular flexibility index (Phi) is 5.14. The van der Waals surface area contributed by atoms with Crippen LogP contribution in [-0.2, 0) is 9.59 Å². The number of hydrogen-bond acceptors (Lipinski definition) is 3. The lowest BCUT2D eigenvalue weighted by molar-refractivity contribution is -0.120. The van der Waals surface area contributed by atoms with Crippen molar-refractivity contribution < 1.29 is 9.59 Å². The van der Waals surface area contributed by atoms with Crippen LogP contribution in [0, 0.1) is 6.92 Å². The molecule has 2 amide bonds. The van der Waals surface area contributed by atoms with Crippen LogP contribution in [0.2, 0.25) is 0 Å². The molecule has 144 valence electrons. The predicted molar refractivity (Wildman–Crippen MR) is 106 cm³/mol.